The van der Waals surface area contributed by atoms with Crippen LogP contribution in [0.15, 0.2) is 40.8 Å². The minimum absolute atomic E-state index is 0.324. The molecule has 0 saturated heterocycles. The number of hydrogen-bond donors (Lipinski definition) is 4. The van der Waals surface area contributed by atoms with Crippen LogP contribution >= 0.6 is 0 Å². The van der Waals surface area contributed by atoms with E-state index in [0.717, 1.165) is 0 Å². The van der Waals surface area contributed by atoms with Gasteiger partial charge in [-0.25, -0.2) is 0 Å². The van der Waals surface area contributed by atoms with E-state index < -0.39 is 0 Å². The Bertz CT molecular complexity index is 704. The van der Waals surface area contributed by atoms with E-state index in [1.54, 1.807) is 36.4 Å². The molecule has 0 fully saturated rings. The summed E-state index contributed by atoms with van der Waals surface area (Å²) in [5.74, 6) is 0.648. The number of nitrogen functional groups attached to an aromatic ring is 4. The molecule has 0 bridgehead atoms. The Kier molecular flexibility index (Phi) is 2.87. The molecule has 7 heteroatoms. The summed E-state index contributed by atoms with van der Waals surface area (Å²) in [5, 5.41) is 7.99. The third-order valence-corrected chi connectivity index (χ3v) is 2.87. The van der Waals surface area contributed by atoms with Gasteiger partial charge in [0, 0.05) is 33.9 Å². The van der Waals surface area contributed by atoms with E-state index >= 15 is 0 Å². The molecule has 0 atom stereocenters. The van der Waals surface area contributed by atoms with E-state index in [1.165, 1.54) is 0 Å². The average Bonchev–Trinajstić information content (AvgIpc) is 2.85. The summed E-state index contributed by atoms with van der Waals surface area (Å²) in [7, 11) is 0. The molecule has 0 aliphatic heterocycles. The van der Waals surface area contributed by atoms with Gasteiger partial charge in [0.1, 0.15) is 0 Å². The van der Waals surface area contributed by atoms with E-state index in [4.69, 9.17) is 27.4 Å². The van der Waals surface area contributed by atoms with Gasteiger partial charge in [-0.05, 0) is 36.4 Å². The summed E-state index contributed by atoms with van der Waals surface area (Å²) in [4.78, 5) is 0. The highest BCUT2D eigenvalue weighted by Gasteiger charge is 2.12. The molecule has 0 aliphatic carbocycles. The first-order valence-corrected chi connectivity index (χ1v) is 6.17. The van der Waals surface area contributed by atoms with Gasteiger partial charge >= 0.3 is 0 Å². The molecular weight excluding hydrogens is 268 g/mol. The standard InChI is InChI=1S/C14H14N6O/c15-9-1-7(2-10(16)5-9)13-19-20-14(21-13)8-3-11(17)6-12(18)4-8/h1-6H,15-18H2. The number of nitrogens with zero attached hydrogens (tertiary/aromatic N) is 2. The van der Waals surface area contributed by atoms with Crippen molar-refractivity contribution in [3.05, 3.63) is 36.4 Å². The van der Waals surface area contributed by atoms with E-state index in [-0.39, 0.29) is 0 Å². The van der Waals surface area contributed by atoms with Crippen molar-refractivity contribution in [3.8, 4) is 22.9 Å². The fourth-order valence-electron chi connectivity index (χ4n) is 2.06. The van der Waals surface area contributed by atoms with Crippen LogP contribution in [-0.2, 0) is 0 Å². The molecule has 3 rings (SSSR count). The Hall–Kier alpha value is -3.22. The second kappa shape index (κ2) is 4.71. The van der Waals surface area contributed by atoms with E-state index in [2.05, 4.69) is 10.2 Å². The molecule has 0 aliphatic rings. The smallest absolute Gasteiger partial charge is 0.248 e. The van der Waals surface area contributed by atoms with Crippen molar-refractivity contribution in [2.45, 2.75) is 0 Å². The average molecular weight is 282 g/mol. The van der Waals surface area contributed by atoms with Gasteiger partial charge < -0.3 is 27.4 Å². The van der Waals surface area contributed by atoms with Gasteiger partial charge in [-0.15, -0.1) is 10.2 Å². The lowest BCUT2D eigenvalue weighted by atomic mass is 10.1. The molecular formula is C14H14N6O. The van der Waals surface area contributed by atoms with Crippen LogP contribution in [0.4, 0.5) is 22.7 Å². The predicted molar refractivity (Wildman–Crippen MR) is 82.8 cm³/mol. The lowest BCUT2D eigenvalue weighted by molar-refractivity contribution is 0.584. The highest BCUT2D eigenvalue weighted by atomic mass is 16.4. The highest BCUT2D eigenvalue weighted by Crippen LogP contribution is 2.28. The summed E-state index contributed by atoms with van der Waals surface area (Å²) in [6.07, 6.45) is 0. The van der Waals surface area contributed by atoms with Crippen LogP contribution < -0.4 is 22.9 Å². The highest BCUT2D eigenvalue weighted by molar-refractivity contribution is 5.70. The van der Waals surface area contributed by atoms with Gasteiger partial charge in [0.25, 0.3) is 0 Å². The van der Waals surface area contributed by atoms with E-state index in [0.29, 0.717) is 45.7 Å². The number of nitrogens with two attached hydrogens (primary N) is 4. The maximum atomic E-state index is 5.75. The second-order valence-corrected chi connectivity index (χ2v) is 4.69. The summed E-state index contributed by atoms with van der Waals surface area (Å²) < 4.78 is 5.63. The number of rotatable bonds is 2. The molecule has 0 saturated carbocycles. The zero-order valence-electron chi connectivity index (χ0n) is 11.1. The van der Waals surface area contributed by atoms with Crippen LogP contribution in [0.2, 0.25) is 0 Å². The second-order valence-electron chi connectivity index (χ2n) is 4.69. The number of benzene rings is 2. The topological polar surface area (TPSA) is 143 Å². The zero-order chi connectivity index (χ0) is 15.0. The van der Waals surface area contributed by atoms with Crippen LogP contribution in [0.5, 0.6) is 0 Å². The first-order valence-electron chi connectivity index (χ1n) is 6.17. The molecule has 21 heavy (non-hydrogen) atoms. The Labute approximate surface area is 120 Å². The molecule has 3 aromatic rings. The van der Waals surface area contributed by atoms with Crippen LogP contribution in [0.1, 0.15) is 0 Å². The van der Waals surface area contributed by atoms with Crippen molar-refractivity contribution in [3.63, 3.8) is 0 Å². The van der Waals surface area contributed by atoms with Gasteiger partial charge in [0.2, 0.25) is 11.8 Å². The van der Waals surface area contributed by atoms with E-state index in [9.17, 15) is 0 Å². The van der Waals surface area contributed by atoms with Crippen molar-refractivity contribution in [2.24, 2.45) is 0 Å². The zero-order valence-corrected chi connectivity index (χ0v) is 11.1. The van der Waals surface area contributed by atoms with Crippen LogP contribution in [0.25, 0.3) is 22.9 Å². The van der Waals surface area contributed by atoms with E-state index in [1.807, 2.05) is 0 Å². The quantitative estimate of drug-likeness (QED) is 0.524. The van der Waals surface area contributed by atoms with Gasteiger partial charge in [0.15, 0.2) is 0 Å². The molecule has 2 aromatic carbocycles. The lowest BCUT2D eigenvalue weighted by Crippen LogP contribution is -1.91. The van der Waals surface area contributed by atoms with Crippen molar-refractivity contribution in [1.29, 1.82) is 0 Å². The van der Waals surface area contributed by atoms with Crippen LogP contribution in [0.3, 0.4) is 0 Å². The third kappa shape index (κ3) is 2.57. The first-order chi connectivity index (χ1) is 10.0. The van der Waals surface area contributed by atoms with Gasteiger partial charge in [-0.2, -0.15) is 0 Å². The molecule has 1 aromatic heterocycles. The fraction of sp³-hybridized carbons (Fsp3) is 0. The monoisotopic (exact) mass is 282 g/mol. The Morgan fingerprint density at radius 3 is 1.24 bits per heavy atom. The number of hydrogen-bond acceptors (Lipinski definition) is 7. The Morgan fingerprint density at radius 1 is 0.571 bits per heavy atom. The Morgan fingerprint density at radius 2 is 0.905 bits per heavy atom. The number of anilines is 4. The summed E-state index contributed by atoms with van der Waals surface area (Å²) >= 11 is 0. The first kappa shape index (κ1) is 12.8. The molecule has 0 spiro atoms. The number of aromatic nitrogens is 2. The largest absolute Gasteiger partial charge is 0.416 e. The minimum Gasteiger partial charge on any atom is -0.416 e. The van der Waals surface area contributed by atoms with Crippen molar-refractivity contribution < 1.29 is 4.42 Å². The summed E-state index contributed by atoms with van der Waals surface area (Å²) in [6.45, 7) is 0. The normalized spacial score (nSPS) is 10.7. The molecule has 0 radical (unpaired) electrons. The van der Waals surface area contributed by atoms with Crippen LogP contribution in [0, 0.1) is 0 Å². The third-order valence-electron chi connectivity index (χ3n) is 2.87. The van der Waals surface area contributed by atoms with Crippen LogP contribution in [-0.4, -0.2) is 10.2 Å². The molecule has 0 unspecified atom stereocenters. The fourth-order valence-corrected chi connectivity index (χ4v) is 2.06. The lowest BCUT2D eigenvalue weighted by Gasteiger charge is -2.01. The van der Waals surface area contributed by atoms with Gasteiger partial charge in [-0.1, -0.05) is 0 Å². The molecule has 106 valence electrons. The summed E-state index contributed by atoms with van der Waals surface area (Å²) in [6, 6.07) is 10.1. The van der Waals surface area contributed by atoms with Crippen molar-refractivity contribution in [2.75, 3.05) is 22.9 Å². The SMILES string of the molecule is Nc1cc(N)cc(-c2nnc(-c3cc(N)cc(N)c3)o2)c1. The maximum Gasteiger partial charge on any atom is 0.248 e. The van der Waals surface area contributed by atoms with Crippen molar-refractivity contribution in [1.82, 2.24) is 10.2 Å². The molecule has 7 nitrogen and oxygen atoms in total. The van der Waals surface area contributed by atoms with Gasteiger partial charge in [0.05, 0.1) is 0 Å². The maximum absolute atomic E-state index is 5.75. The summed E-state index contributed by atoms with van der Waals surface area (Å²) in [5.41, 5.74) is 26.4. The van der Waals surface area contributed by atoms with Gasteiger partial charge in [-0.3, -0.25) is 0 Å². The molecule has 0 amide bonds. The Balaban J connectivity index is 2.03. The minimum atomic E-state index is 0.324. The molecule has 1 heterocycles. The predicted octanol–water partition coefficient (Wildman–Crippen LogP) is 1.73. The molecule has 8 N–H and O–H groups in total. The van der Waals surface area contributed by atoms with Crippen molar-refractivity contribution >= 4 is 22.7 Å².